The van der Waals surface area contributed by atoms with Crippen molar-refractivity contribution in [3.8, 4) is 11.4 Å². The van der Waals surface area contributed by atoms with Gasteiger partial charge in [0.2, 0.25) is 0 Å². The molecule has 0 amide bonds. The van der Waals surface area contributed by atoms with Gasteiger partial charge in [0.25, 0.3) is 0 Å². The number of nitrogens with zero attached hydrogens (tertiary/aromatic N) is 2. The zero-order valence-electron chi connectivity index (χ0n) is 16.2. The number of nitrogens with one attached hydrogen (secondary N) is 2. The molecule has 0 bridgehead atoms. The number of rotatable bonds is 5. The summed E-state index contributed by atoms with van der Waals surface area (Å²) in [5, 5.41) is 4.59. The minimum absolute atomic E-state index is 0.0800. The standard InChI is InChI=1S/C21H25N5O2/c1-12-13(2)23-20-18(12)21(26-19(25-20)14-6-4-3-5-7-14)24-15-8-9-16(10-15)28-17(27)11-22/h3-7,15-16H,8-11,22H2,1-2H3,(H2,23,24,25,26). The minimum atomic E-state index is -0.349. The predicted molar refractivity (Wildman–Crippen MR) is 109 cm³/mol. The molecule has 28 heavy (non-hydrogen) atoms. The van der Waals surface area contributed by atoms with E-state index in [-0.39, 0.29) is 24.7 Å². The number of benzene rings is 1. The van der Waals surface area contributed by atoms with Crippen LogP contribution in [0.1, 0.15) is 30.5 Å². The Bertz CT molecular complexity index is 999. The quantitative estimate of drug-likeness (QED) is 0.588. The Balaban J connectivity index is 1.65. The van der Waals surface area contributed by atoms with Crippen LogP contribution in [0.2, 0.25) is 0 Å². The highest BCUT2D eigenvalue weighted by Crippen LogP contribution is 2.32. The normalized spacial score (nSPS) is 19.1. The van der Waals surface area contributed by atoms with Crippen molar-refractivity contribution in [2.24, 2.45) is 5.73 Å². The molecule has 0 radical (unpaired) electrons. The van der Waals surface area contributed by atoms with Crippen molar-refractivity contribution >= 4 is 22.8 Å². The number of carbonyl (C=O) groups excluding carboxylic acids is 1. The van der Waals surface area contributed by atoms with Gasteiger partial charge in [-0.1, -0.05) is 30.3 Å². The number of hydrogen-bond acceptors (Lipinski definition) is 6. The first-order chi connectivity index (χ1) is 13.5. The summed E-state index contributed by atoms with van der Waals surface area (Å²) in [5.74, 6) is 1.15. The van der Waals surface area contributed by atoms with Crippen molar-refractivity contribution in [2.45, 2.75) is 45.3 Å². The molecule has 7 heteroatoms. The topological polar surface area (TPSA) is 106 Å². The van der Waals surface area contributed by atoms with Crippen LogP contribution in [0, 0.1) is 13.8 Å². The molecule has 1 saturated carbocycles. The molecule has 1 aliphatic rings. The second-order valence-corrected chi connectivity index (χ2v) is 7.33. The van der Waals surface area contributed by atoms with Gasteiger partial charge in [-0.2, -0.15) is 0 Å². The number of aromatic nitrogens is 3. The van der Waals surface area contributed by atoms with Gasteiger partial charge in [0.05, 0.1) is 11.9 Å². The van der Waals surface area contributed by atoms with Gasteiger partial charge in [-0.15, -0.1) is 0 Å². The van der Waals surface area contributed by atoms with E-state index in [1.807, 2.05) is 37.3 Å². The molecule has 0 spiro atoms. The molecule has 2 heterocycles. The second kappa shape index (κ2) is 7.59. The van der Waals surface area contributed by atoms with Gasteiger partial charge in [0.15, 0.2) is 5.82 Å². The zero-order valence-corrected chi connectivity index (χ0v) is 16.2. The van der Waals surface area contributed by atoms with E-state index in [9.17, 15) is 4.79 Å². The molecule has 2 unspecified atom stereocenters. The lowest BCUT2D eigenvalue weighted by Crippen LogP contribution is -2.24. The van der Waals surface area contributed by atoms with E-state index >= 15 is 0 Å². The van der Waals surface area contributed by atoms with E-state index < -0.39 is 0 Å². The number of hydrogen-bond donors (Lipinski definition) is 3. The molecule has 2 atom stereocenters. The van der Waals surface area contributed by atoms with Crippen molar-refractivity contribution in [3.05, 3.63) is 41.6 Å². The number of esters is 1. The molecule has 4 N–H and O–H groups in total. The van der Waals surface area contributed by atoms with Crippen LogP contribution in [0.15, 0.2) is 30.3 Å². The van der Waals surface area contributed by atoms with Crippen molar-refractivity contribution in [1.82, 2.24) is 15.0 Å². The molecular formula is C21H25N5O2. The summed E-state index contributed by atoms with van der Waals surface area (Å²) in [6, 6.07) is 10.1. The molecule has 0 aliphatic heterocycles. The van der Waals surface area contributed by atoms with Crippen molar-refractivity contribution in [2.75, 3.05) is 11.9 Å². The van der Waals surface area contributed by atoms with Crippen molar-refractivity contribution in [3.63, 3.8) is 0 Å². The first-order valence-electron chi connectivity index (χ1n) is 9.63. The SMILES string of the molecule is Cc1[nH]c2nc(-c3ccccc3)nc(NC3CCC(OC(=O)CN)C3)c2c1C. The molecule has 1 aromatic carbocycles. The highest BCUT2D eigenvalue weighted by Gasteiger charge is 2.28. The highest BCUT2D eigenvalue weighted by molar-refractivity contribution is 5.92. The van der Waals surface area contributed by atoms with E-state index in [2.05, 4.69) is 17.2 Å². The number of fused-ring (bicyclic) bond motifs is 1. The van der Waals surface area contributed by atoms with Crippen LogP contribution >= 0.6 is 0 Å². The van der Waals surface area contributed by atoms with Gasteiger partial charge in [0.1, 0.15) is 17.6 Å². The van der Waals surface area contributed by atoms with Crippen LogP contribution in [-0.4, -0.2) is 39.6 Å². The summed E-state index contributed by atoms with van der Waals surface area (Å²) in [5.41, 5.74) is 9.37. The maximum atomic E-state index is 11.5. The third-order valence-corrected chi connectivity index (χ3v) is 5.37. The fraction of sp³-hybridized carbons (Fsp3) is 0.381. The van der Waals surface area contributed by atoms with Gasteiger partial charge in [-0.05, 0) is 32.3 Å². The summed E-state index contributed by atoms with van der Waals surface area (Å²) >= 11 is 0. The summed E-state index contributed by atoms with van der Waals surface area (Å²) < 4.78 is 5.39. The van der Waals surface area contributed by atoms with Crippen LogP contribution < -0.4 is 11.1 Å². The van der Waals surface area contributed by atoms with E-state index in [0.717, 1.165) is 52.9 Å². The number of nitrogens with two attached hydrogens (primary N) is 1. The van der Waals surface area contributed by atoms with Gasteiger partial charge in [0, 0.05) is 23.7 Å². The zero-order chi connectivity index (χ0) is 19.7. The van der Waals surface area contributed by atoms with Crippen molar-refractivity contribution in [1.29, 1.82) is 0 Å². The Kier molecular flexibility index (Phi) is 5.00. The molecule has 1 fully saturated rings. The van der Waals surface area contributed by atoms with Crippen LogP contribution in [-0.2, 0) is 9.53 Å². The fourth-order valence-corrected chi connectivity index (χ4v) is 3.79. The third-order valence-electron chi connectivity index (χ3n) is 5.37. The second-order valence-electron chi connectivity index (χ2n) is 7.33. The molecule has 2 aromatic heterocycles. The van der Waals surface area contributed by atoms with Crippen LogP contribution in [0.25, 0.3) is 22.4 Å². The summed E-state index contributed by atoms with van der Waals surface area (Å²) in [6.07, 6.45) is 2.40. The maximum Gasteiger partial charge on any atom is 0.319 e. The van der Waals surface area contributed by atoms with Gasteiger partial charge >= 0.3 is 5.97 Å². The van der Waals surface area contributed by atoms with E-state index in [0.29, 0.717) is 5.82 Å². The Morgan fingerprint density at radius 3 is 2.79 bits per heavy atom. The summed E-state index contributed by atoms with van der Waals surface area (Å²) in [6.45, 7) is 4.04. The van der Waals surface area contributed by atoms with Gasteiger partial charge in [-0.25, -0.2) is 9.97 Å². The van der Waals surface area contributed by atoms with Gasteiger partial charge in [-0.3, -0.25) is 4.79 Å². The van der Waals surface area contributed by atoms with Crippen molar-refractivity contribution < 1.29 is 9.53 Å². The van der Waals surface area contributed by atoms with Gasteiger partial charge < -0.3 is 20.8 Å². The first-order valence-corrected chi connectivity index (χ1v) is 9.63. The molecular weight excluding hydrogens is 354 g/mol. The third kappa shape index (κ3) is 3.57. The van der Waals surface area contributed by atoms with E-state index in [4.69, 9.17) is 20.4 Å². The Labute approximate surface area is 163 Å². The van der Waals surface area contributed by atoms with E-state index in [1.165, 1.54) is 0 Å². The summed E-state index contributed by atoms with van der Waals surface area (Å²) in [4.78, 5) is 24.4. The number of aryl methyl sites for hydroxylation is 2. The number of aromatic amines is 1. The lowest BCUT2D eigenvalue weighted by Gasteiger charge is -2.16. The number of anilines is 1. The fourth-order valence-electron chi connectivity index (χ4n) is 3.79. The van der Waals surface area contributed by atoms with Crippen LogP contribution in [0.5, 0.6) is 0 Å². The lowest BCUT2D eigenvalue weighted by molar-refractivity contribution is -0.146. The lowest BCUT2D eigenvalue weighted by atomic mass is 10.1. The molecule has 3 aromatic rings. The smallest absolute Gasteiger partial charge is 0.319 e. The molecule has 0 saturated heterocycles. The molecule has 146 valence electrons. The first kappa shape index (κ1) is 18.4. The maximum absolute atomic E-state index is 11.5. The molecule has 1 aliphatic carbocycles. The predicted octanol–water partition coefficient (Wildman–Crippen LogP) is 3.08. The van der Waals surface area contributed by atoms with Crippen LogP contribution in [0.3, 0.4) is 0 Å². The average molecular weight is 379 g/mol. The number of H-pyrrole nitrogens is 1. The van der Waals surface area contributed by atoms with E-state index in [1.54, 1.807) is 0 Å². The molecule has 7 nitrogen and oxygen atoms in total. The largest absolute Gasteiger partial charge is 0.461 e. The number of carbonyl (C=O) groups is 1. The Morgan fingerprint density at radius 2 is 2.04 bits per heavy atom. The Hall–Kier alpha value is -2.93. The average Bonchev–Trinajstić information content (AvgIpc) is 3.26. The summed E-state index contributed by atoms with van der Waals surface area (Å²) in [7, 11) is 0. The highest BCUT2D eigenvalue weighted by atomic mass is 16.5. The van der Waals surface area contributed by atoms with Crippen LogP contribution in [0.4, 0.5) is 5.82 Å². The number of ether oxygens (including phenoxy) is 1. The minimum Gasteiger partial charge on any atom is -0.461 e. The monoisotopic (exact) mass is 379 g/mol. The Morgan fingerprint density at radius 1 is 1.25 bits per heavy atom. The molecule has 4 rings (SSSR count).